The van der Waals surface area contributed by atoms with Gasteiger partial charge in [0.2, 0.25) is 8.32 Å². The van der Waals surface area contributed by atoms with Gasteiger partial charge in [-0.1, -0.05) is 0 Å². The maximum Gasteiger partial charge on any atom is 0.213 e. The molecular formula is C3H9FOSi. The Morgan fingerprint density at radius 2 is 1.83 bits per heavy atom. The Morgan fingerprint density at radius 1 is 1.67 bits per heavy atom. The first-order chi connectivity index (χ1) is 2.56. The van der Waals surface area contributed by atoms with E-state index in [1.807, 2.05) is 0 Å². The molecule has 0 amide bonds. The highest BCUT2D eigenvalue weighted by Gasteiger charge is 2.14. The molecule has 0 aromatic heterocycles. The molecule has 0 aromatic carbocycles. The first-order valence-electron chi connectivity index (χ1n) is 1.84. The molecule has 0 saturated heterocycles. The molecule has 0 radical (unpaired) electrons. The summed E-state index contributed by atoms with van der Waals surface area (Å²) in [5.74, 6) is 0. The van der Waals surface area contributed by atoms with Gasteiger partial charge in [-0.25, -0.2) is 0 Å². The topological polar surface area (TPSA) is 20.2 Å². The highest BCUT2D eigenvalue weighted by atomic mass is 28.4. The van der Waals surface area contributed by atoms with Crippen LogP contribution in [-0.2, 0) is 0 Å². The Kier molecular flexibility index (Phi) is 1.74. The van der Waals surface area contributed by atoms with Crippen molar-refractivity contribution in [3.8, 4) is 0 Å². The molecule has 1 N–H and O–H groups in total. The molecule has 1 nitrogen and oxygen atoms in total. The van der Waals surface area contributed by atoms with Crippen LogP contribution in [0.3, 0.4) is 0 Å². The molecule has 6 heavy (non-hydrogen) atoms. The van der Waals surface area contributed by atoms with Crippen molar-refractivity contribution in [3.63, 3.8) is 0 Å². The number of rotatable bonds is 1. The first kappa shape index (κ1) is 6.11. The predicted molar refractivity (Wildman–Crippen MR) is 25.7 cm³/mol. The Morgan fingerprint density at radius 3 is 1.83 bits per heavy atom. The molecule has 3 heteroatoms. The van der Waals surface area contributed by atoms with Crippen molar-refractivity contribution in [2.24, 2.45) is 0 Å². The summed E-state index contributed by atoms with van der Waals surface area (Å²) < 4.78 is 11.3. The summed E-state index contributed by atoms with van der Waals surface area (Å²) in [5, 5.41) is 0. The average Bonchev–Trinajstić information content (AvgIpc) is 1.35. The quantitative estimate of drug-likeness (QED) is 0.490. The number of hydrogen-bond donors (Lipinski definition) is 1. The summed E-state index contributed by atoms with van der Waals surface area (Å²) in [4.78, 5) is 8.59. The summed E-state index contributed by atoms with van der Waals surface area (Å²) in [6.45, 7) is 3.12. The first-order valence-corrected chi connectivity index (χ1v) is 5.00. The minimum Gasteiger partial charge on any atom is -0.430 e. The highest BCUT2D eigenvalue weighted by Crippen LogP contribution is 1.93. The zero-order valence-corrected chi connectivity index (χ0v) is 5.03. The lowest BCUT2D eigenvalue weighted by Gasteiger charge is -2.04. The van der Waals surface area contributed by atoms with Gasteiger partial charge in [-0.2, -0.15) is 0 Å². The zero-order chi connectivity index (χ0) is 5.21. The molecule has 0 aliphatic heterocycles. The molecule has 38 valence electrons. The normalized spacial score (nSPS) is 12.0. The number of halogens is 1. The van der Waals surface area contributed by atoms with Crippen LogP contribution in [0.25, 0.3) is 0 Å². The van der Waals surface area contributed by atoms with Gasteiger partial charge in [-0.05, 0) is 13.1 Å². The fourth-order valence-corrected chi connectivity index (χ4v) is 0. The van der Waals surface area contributed by atoms with E-state index in [2.05, 4.69) is 0 Å². The van der Waals surface area contributed by atoms with Crippen LogP contribution in [0.15, 0.2) is 0 Å². The second-order valence-electron chi connectivity index (χ2n) is 1.95. The van der Waals surface area contributed by atoms with Crippen LogP contribution in [0.2, 0.25) is 13.1 Å². The van der Waals surface area contributed by atoms with Gasteiger partial charge < -0.3 is 4.80 Å². The van der Waals surface area contributed by atoms with Crippen LogP contribution in [0.5, 0.6) is 0 Å². The van der Waals surface area contributed by atoms with Gasteiger partial charge in [-0.15, -0.1) is 0 Å². The largest absolute Gasteiger partial charge is 0.430 e. The van der Waals surface area contributed by atoms with Gasteiger partial charge in [0.15, 0.2) is 0 Å². The van der Waals surface area contributed by atoms with Crippen molar-refractivity contribution in [1.82, 2.24) is 0 Å². The third-order valence-electron chi connectivity index (χ3n) is 0.327. The Balaban J connectivity index is 3.17. The van der Waals surface area contributed by atoms with Crippen LogP contribution >= 0.6 is 0 Å². The van der Waals surface area contributed by atoms with E-state index in [0.29, 0.717) is 0 Å². The van der Waals surface area contributed by atoms with E-state index in [1.165, 1.54) is 0 Å². The second kappa shape index (κ2) is 1.71. The van der Waals surface area contributed by atoms with Crippen LogP contribution in [0.4, 0.5) is 4.39 Å². The van der Waals surface area contributed by atoms with E-state index in [0.717, 1.165) is 0 Å². The van der Waals surface area contributed by atoms with Gasteiger partial charge in [0.25, 0.3) is 0 Å². The fourth-order valence-electron chi connectivity index (χ4n) is 0. The van der Waals surface area contributed by atoms with E-state index in [9.17, 15) is 4.39 Å². The zero-order valence-electron chi connectivity index (χ0n) is 4.03. The van der Waals surface area contributed by atoms with Crippen molar-refractivity contribution >= 4 is 8.32 Å². The molecule has 0 fully saturated rings. The lowest BCUT2D eigenvalue weighted by atomic mass is 11.8. The third-order valence-corrected chi connectivity index (χ3v) is 0.981. The van der Waals surface area contributed by atoms with E-state index >= 15 is 0 Å². The molecule has 0 aliphatic carbocycles. The maximum absolute atomic E-state index is 11.3. The summed E-state index contributed by atoms with van der Waals surface area (Å²) in [5.41, 5.74) is 0. The van der Waals surface area contributed by atoms with Crippen molar-refractivity contribution in [3.05, 3.63) is 0 Å². The van der Waals surface area contributed by atoms with Gasteiger partial charge >= 0.3 is 0 Å². The van der Waals surface area contributed by atoms with Gasteiger partial charge in [0.1, 0.15) is 6.30 Å². The lowest BCUT2D eigenvalue weighted by molar-refractivity contribution is 0.480. The maximum atomic E-state index is 11.3. The predicted octanol–water partition coefficient (Wildman–Crippen LogP) is 0.692. The summed E-state index contributed by atoms with van der Waals surface area (Å²) in [7, 11) is -2.30. The highest BCUT2D eigenvalue weighted by molar-refractivity contribution is 6.69. The molecule has 0 atom stereocenters. The standard InChI is InChI=1S/C3H9FOSi/c1-6(2,5)3-4/h5H,3H2,1-2H3. The van der Waals surface area contributed by atoms with Gasteiger partial charge in [0.05, 0.1) is 0 Å². The summed E-state index contributed by atoms with van der Waals surface area (Å²) in [6.07, 6.45) is -0.535. The SMILES string of the molecule is C[Si](C)(O)CF. The molecule has 0 heterocycles. The Bertz CT molecular complexity index is 40.5. The van der Waals surface area contributed by atoms with Crippen molar-refractivity contribution in [1.29, 1.82) is 0 Å². The monoisotopic (exact) mass is 108 g/mol. The average molecular weight is 108 g/mol. The molecule has 0 aromatic rings. The van der Waals surface area contributed by atoms with E-state index in [1.54, 1.807) is 13.1 Å². The van der Waals surface area contributed by atoms with Crippen molar-refractivity contribution < 1.29 is 9.19 Å². The second-order valence-corrected chi connectivity index (χ2v) is 5.84. The van der Waals surface area contributed by atoms with Crippen LogP contribution in [-0.4, -0.2) is 19.4 Å². The summed E-state index contributed by atoms with van der Waals surface area (Å²) >= 11 is 0. The Hall–Kier alpha value is 0.107. The van der Waals surface area contributed by atoms with E-state index in [-0.39, 0.29) is 0 Å². The molecule has 0 spiro atoms. The smallest absolute Gasteiger partial charge is 0.213 e. The van der Waals surface area contributed by atoms with E-state index < -0.39 is 14.6 Å². The van der Waals surface area contributed by atoms with E-state index in [4.69, 9.17) is 4.80 Å². The number of alkyl halides is 1. The van der Waals surface area contributed by atoms with Crippen LogP contribution in [0, 0.1) is 0 Å². The fraction of sp³-hybridized carbons (Fsp3) is 1.00. The molecule has 0 aliphatic rings. The van der Waals surface area contributed by atoms with Crippen molar-refractivity contribution in [2.45, 2.75) is 13.1 Å². The molecule has 0 bridgehead atoms. The van der Waals surface area contributed by atoms with Gasteiger partial charge in [0, 0.05) is 0 Å². The Labute approximate surface area is 37.9 Å². The molecule has 0 saturated carbocycles. The van der Waals surface area contributed by atoms with Gasteiger partial charge in [-0.3, -0.25) is 4.39 Å². The molecular weight excluding hydrogens is 99.1 g/mol. The summed E-state index contributed by atoms with van der Waals surface area (Å²) in [6, 6.07) is 0. The third kappa shape index (κ3) is 4.11. The lowest BCUT2D eigenvalue weighted by Crippen LogP contribution is -2.27. The number of hydrogen-bond acceptors (Lipinski definition) is 1. The van der Waals surface area contributed by atoms with Crippen LogP contribution < -0.4 is 0 Å². The molecule has 0 rings (SSSR count). The minimum atomic E-state index is -2.30. The molecule has 0 unspecified atom stereocenters. The minimum absolute atomic E-state index is 0.535. The van der Waals surface area contributed by atoms with Crippen molar-refractivity contribution in [2.75, 3.05) is 6.30 Å². The van der Waals surface area contributed by atoms with Crippen LogP contribution in [0.1, 0.15) is 0 Å².